The van der Waals surface area contributed by atoms with Crippen molar-refractivity contribution in [3.05, 3.63) is 83.9 Å². The number of nitrogens with zero attached hydrogens (tertiary/aromatic N) is 2. The van der Waals surface area contributed by atoms with E-state index in [-0.39, 0.29) is 28.8 Å². The molecule has 36 heavy (non-hydrogen) atoms. The Morgan fingerprint density at radius 2 is 1.72 bits per heavy atom. The lowest BCUT2D eigenvalue weighted by Gasteiger charge is -2.21. The number of phenolic OH excluding ortho intramolecular Hbond substituents is 1. The molecule has 3 aromatic carbocycles. The Morgan fingerprint density at radius 3 is 2.36 bits per heavy atom. The third-order valence-corrected chi connectivity index (χ3v) is 6.78. The summed E-state index contributed by atoms with van der Waals surface area (Å²) < 4.78 is 32.8. The van der Waals surface area contributed by atoms with E-state index in [4.69, 9.17) is 4.74 Å². The van der Waals surface area contributed by atoms with E-state index in [1.54, 1.807) is 48.5 Å². The second kappa shape index (κ2) is 12.0. The van der Waals surface area contributed by atoms with Crippen molar-refractivity contribution in [2.75, 3.05) is 19.0 Å². The van der Waals surface area contributed by atoms with Gasteiger partial charge in [-0.15, -0.1) is 0 Å². The predicted molar refractivity (Wildman–Crippen MR) is 135 cm³/mol. The third-order valence-electron chi connectivity index (χ3n) is 4.98. The van der Waals surface area contributed by atoms with Gasteiger partial charge in [-0.3, -0.25) is 9.59 Å². The van der Waals surface area contributed by atoms with Gasteiger partial charge in [0.1, 0.15) is 0 Å². The van der Waals surface area contributed by atoms with Crippen LogP contribution in [0.1, 0.15) is 18.1 Å². The van der Waals surface area contributed by atoms with Crippen LogP contribution in [0.4, 0.5) is 5.69 Å². The molecule has 0 radical (unpaired) electrons. The molecule has 3 N–H and O–H groups in total. The Hall–Kier alpha value is -4.22. The minimum absolute atomic E-state index is 0.0369. The van der Waals surface area contributed by atoms with Gasteiger partial charge < -0.3 is 15.2 Å². The SMILES string of the molecule is COc1cccc(C=NNC(=O)CN(Cc2ccccc2)S(=O)(=O)c2ccc(NC(C)=O)cc2)c1O. The number of anilines is 1. The molecule has 0 heterocycles. The molecule has 0 saturated heterocycles. The molecule has 0 bridgehead atoms. The lowest BCUT2D eigenvalue weighted by molar-refractivity contribution is -0.121. The molecule has 0 spiro atoms. The van der Waals surface area contributed by atoms with Gasteiger partial charge >= 0.3 is 0 Å². The summed E-state index contributed by atoms with van der Waals surface area (Å²) in [6.07, 6.45) is 1.23. The molecule has 0 unspecified atom stereocenters. The fourth-order valence-electron chi connectivity index (χ4n) is 3.25. The third kappa shape index (κ3) is 6.90. The molecule has 11 heteroatoms. The van der Waals surface area contributed by atoms with E-state index in [0.717, 1.165) is 4.31 Å². The van der Waals surface area contributed by atoms with Crippen LogP contribution in [0.25, 0.3) is 0 Å². The van der Waals surface area contributed by atoms with Gasteiger partial charge in [0.05, 0.1) is 24.8 Å². The molecule has 0 aliphatic rings. The molecular weight excluding hydrogens is 484 g/mol. The maximum Gasteiger partial charge on any atom is 0.255 e. The number of benzene rings is 3. The van der Waals surface area contributed by atoms with E-state index in [1.165, 1.54) is 44.5 Å². The first kappa shape index (κ1) is 26.4. The van der Waals surface area contributed by atoms with Crippen molar-refractivity contribution in [2.24, 2.45) is 5.10 Å². The van der Waals surface area contributed by atoms with E-state index in [0.29, 0.717) is 16.8 Å². The molecule has 0 fully saturated rings. The number of phenols is 1. The molecule has 2 amide bonds. The number of carbonyl (C=O) groups excluding carboxylic acids is 2. The monoisotopic (exact) mass is 510 g/mol. The fourth-order valence-corrected chi connectivity index (χ4v) is 4.64. The maximum absolute atomic E-state index is 13.4. The second-order valence-electron chi connectivity index (χ2n) is 7.66. The van der Waals surface area contributed by atoms with Gasteiger partial charge in [0.25, 0.3) is 5.91 Å². The number of hydrogen-bond donors (Lipinski definition) is 3. The van der Waals surface area contributed by atoms with E-state index in [2.05, 4.69) is 15.8 Å². The zero-order valence-corrected chi connectivity index (χ0v) is 20.5. The number of carbonyl (C=O) groups is 2. The van der Waals surface area contributed by atoms with Crippen LogP contribution in [0.3, 0.4) is 0 Å². The van der Waals surface area contributed by atoms with Crippen LogP contribution in [0, 0.1) is 0 Å². The summed E-state index contributed by atoms with van der Waals surface area (Å²) in [5.41, 5.74) is 3.74. The first-order valence-electron chi connectivity index (χ1n) is 10.8. The highest BCUT2D eigenvalue weighted by Gasteiger charge is 2.27. The van der Waals surface area contributed by atoms with Crippen molar-refractivity contribution in [3.63, 3.8) is 0 Å². The highest BCUT2D eigenvalue weighted by Crippen LogP contribution is 2.28. The van der Waals surface area contributed by atoms with E-state index in [1.807, 2.05) is 0 Å². The van der Waals surface area contributed by atoms with E-state index < -0.39 is 22.5 Å². The summed E-state index contributed by atoms with van der Waals surface area (Å²) in [5.74, 6) is -0.859. The zero-order valence-electron chi connectivity index (χ0n) is 19.7. The smallest absolute Gasteiger partial charge is 0.255 e. The lowest BCUT2D eigenvalue weighted by atomic mass is 10.2. The number of amides is 2. The summed E-state index contributed by atoms with van der Waals surface area (Å²) in [4.78, 5) is 23.8. The normalized spacial score (nSPS) is 11.4. The summed E-state index contributed by atoms with van der Waals surface area (Å²) in [5, 5.41) is 16.5. The number of methoxy groups -OCH3 is 1. The highest BCUT2D eigenvalue weighted by atomic mass is 32.2. The summed E-state index contributed by atoms with van der Waals surface area (Å²) in [7, 11) is -2.67. The Labute approximate surface area is 209 Å². The Morgan fingerprint density at radius 1 is 1.03 bits per heavy atom. The number of para-hydroxylation sites is 1. The number of aromatic hydroxyl groups is 1. The molecule has 0 aliphatic heterocycles. The topological polar surface area (TPSA) is 137 Å². The Kier molecular flexibility index (Phi) is 8.76. The van der Waals surface area contributed by atoms with Crippen LogP contribution in [-0.4, -0.2) is 49.5 Å². The molecule has 10 nitrogen and oxygen atoms in total. The van der Waals surface area contributed by atoms with Gasteiger partial charge in [0.15, 0.2) is 11.5 Å². The Bertz CT molecular complexity index is 1340. The molecule has 3 rings (SSSR count). The quantitative estimate of drug-likeness (QED) is 0.283. The van der Waals surface area contributed by atoms with Crippen LogP contribution in [0.2, 0.25) is 0 Å². The molecule has 0 atom stereocenters. The average Bonchev–Trinajstić information content (AvgIpc) is 2.85. The standard InChI is InChI=1S/C25H26N4O6S/c1-18(30)27-21-11-13-22(14-12-21)36(33,34)29(16-19-7-4-3-5-8-19)17-24(31)28-26-15-20-9-6-10-23(35-2)25(20)32/h3-15,32H,16-17H2,1-2H3,(H,27,30)(H,28,31). The molecular formula is C25H26N4O6S. The maximum atomic E-state index is 13.4. The van der Waals surface area contributed by atoms with Gasteiger partial charge in [-0.1, -0.05) is 36.4 Å². The molecule has 0 aromatic heterocycles. The zero-order chi connectivity index (χ0) is 26.1. The number of rotatable bonds is 10. The van der Waals surface area contributed by atoms with Gasteiger partial charge in [-0.05, 0) is 42.0 Å². The van der Waals surface area contributed by atoms with E-state index in [9.17, 15) is 23.1 Å². The van der Waals surface area contributed by atoms with Crippen LogP contribution in [-0.2, 0) is 26.2 Å². The van der Waals surface area contributed by atoms with Crippen molar-refractivity contribution < 1.29 is 27.9 Å². The van der Waals surface area contributed by atoms with Gasteiger partial charge in [-0.2, -0.15) is 9.41 Å². The predicted octanol–water partition coefficient (Wildman–Crippen LogP) is 2.70. The number of hydrazone groups is 1. The summed E-state index contributed by atoms with van der Waals surface area (Å²) in [6.45, 7) is 0.791. The number of ether oxygens (including phenoxy) is 1. The first-order chi connectivity index (χ1) is 17.2. The van der Waals surface area contributed by atoms with E-state index >= 15 is 0 Å². The van der Waals surface area contributed by atoms with Crippen molar-refractivity contribution in [1.29, 1.82) is 0 Å². The van der Waals surface area contributed by atoms with Gasteiger partial charge in [0.2, 0.25) is 15.9 Å². The summed E-state index contributed by atoms with van der Waals surface area (Å²) >= 11 is 0. The van der Waals surface area contributed by atoms with Crippen LogP contribution < -0.4 is 15.5 Å². The van der Waals surface area contributed by atoms with Gasteiger partial charge in [-0.25, -0.2) is 13.8 Å². The van der Waals surface area contributed by atoms with Crippen molar-refractivity contribution >= 4 is 33.7 Å². The summed E-state index contributed by atoms with van der Waals surface area (Å²) in [6, 6.07) is 19.3. The average molecular weight is 511 g/mol. The largest absolute Gasteiger partial charge is 0.504 e. The van der Waals surface area contributed by atoms with Crippen LogP contribution in [0.5, 0.6) is 11.5 Å². The van der Waals surface area contributed by atoms with Crippen LogP contribution >= 0.6 is 0 Å². The molecule has 0 saturated carbocycles. The first-order valence-corrected chi connectivity index (χ1v) is 12.2. The number of nitrogens with one attached hydrogen (secondary N) is 2. The Balaban J connectivity index is 1.79. The minimum atomic E-state index is -4.08. The van der Waals surface area contributed by atoms with Crippen molar-refractivity contribution in [1.82, 2.24) is 9.73 Å². The van der Waals surface area contributed by atoms with Gasteiger partial charge in [0, 0.05) is 24.7 Å². The molecule has 3 aromatic rings. The highest BCUT2D eigenvalue weighted by molar-refractivity contribution is 7.89. The van der Waals surface area contributed by atoms with Crippen LogP contribution in [0.15, 0.2) is 82.8 Å². The number of hydrogen-bond acceptors (Lipinski definition) is 7. The second-order valence-corrected chi connectivity index (χ2v) is 9.59. The molecule has 188 valence electrons. The van der Waals surface area contributed by atoms with Crippen molar-refractivity contribution in [3.8, 4) is 11.5 Å². The minimum Gasteiger partial charge on any atom is -0.504 e. The number of sulfonamides is 1. The van der Waals surface area contributed by atoms with Crippen molar-refractivity contribution in [2.45, 2.75) is 18.4 Å². The lowest BCUT2D eigenvalue weighted by Crippen LogP contribution is -2.39. The molecule has 0 aliphatic carbocycles. The fraction of sp³-hybridized carbons (Fsp3) is 0.160.